The predicted molar refractivity (Wildman–Crippen MR) is 123 cm³/mol. The first kappa shape index (κ1) is 24.6. The molecule has 7 atom stereocenters. The summed E-state index contributed by atoms with van der Waals surface area (Å²) in [5.41, 5.74) is -1.37. The number of hydrogen-bond donors (Lipinski definition) is 2. The van der Waals surface area contributed by atoms with Crippen molar-refractivity contribution in [3.05, 3.63) is 11.6 Å². The second-order valence-electron chi connectivity index (χ2n) is 11.5. The number of allylic oxidation sites excluding steroid dienone is 1. The third-order valence-electron chi connectivity index (χ3n) is 9.86. The lowest BCUT2D eigenvalue weighted by molar-refractivity contribution is -0.184. The number of carbonyl (C=O) groups excluding carboxylic acids is 3. The minimum absolute atomic E-state index is 0.0394. The van der Waals surface area contributed by atoms with Crippen LogP contribution in [0.25, 0.3) is 0 Å². The summed E-state index contributed by atoms with van der Waals surface area (Å²) in [7, 11) is 0. The van der Waals surface area contributed by atoms with E-state index in [4.69, 9.17) is 4.74 Å². The molecular formula is C27H40O6. The molecule has 0 amide bonds. The van der Waals surface area contributed by atoms with E-state index in [1.807, 2.05) is 13.0 Å². The molecule has 0 spiro atoms. The lowest BCUT2D eigenvalue weighted by Gasteiger charge is -2.60. The van der Waals surface area contributed by atoms with Gasteiger partial charge in [0.2, 0.25) is 5.78 Å². The molecule has 0 radical (unpaired) electrons. The molecule has 33 heavy (non-hydrogen) atoms. The van der Waals surface area contributed by atoms with Crippen molar-refractivity contribution >= 4 is 17.5 Å². The van der Waals surface area contributed by atoms with Gasteiger partial charge in [-0.05, 0) is 74.2 Å². The minimum Gasteiger partial charge on any atom is -0.458 e. The highest BCUT2D eigenvalue weighted by atomic mass is 16.5. The fraction of sp³-hybridized carbons (Fsp3) is 0.815. The average Bonchev–Trinajstić information content (AvgIpc) is 3.03. The fourth-order valence-corrected chi connectivity index (χ4v) is 8.01. The maximum absolute atomic E-state index is 13.2. The Balaban J connectivity index is 1.51. The van der Waals surface area contributed by atoms with Crippen LogP contribution < -0.4 is 0 Å². The van der Waals surface area contributed by atoms with Crippen molar-refractivity contribution in [1.29, 1.82) is 0 Å². The summed E-state index contributed by atoms with van der Waals surface area (Å²) in [5.74, 6) is -0.287. The van der Waals surface area contributed by atoms with Gasteiger partial charge in [-0.1, -0.05) is 39.2 Å². The van der Waals surface area contributed by atoms with Crippen LogP contribution in [0.2, 0.25) is 0 Å². The van der Waals surface area contributed by atoms with E-state index >= 15 is 0 Å². The van der Waals surface area contributed by atoms with Gasteiger partial charge in [-0.25, -0.2) is 0 Å². The maximum atomic E-state index is 13.2. The van der Waals surface area contributed by atoms with Crippen LogP contribution in [0.1, 0.15) is 91.4 Å². The molecule has 0 heterocycles. The van der Waals surface area contributed by atoms with Crippen molar-refractivity contribution in [2.24, 2.45) is 28.6 Å². The van der Waals surface area contributed by atoms with E-state index < -0.39 is 35.5 Å². The molecule has 3 fully saturated rings. The van der Waals surface area contributed by atoms with Crippen LogP contribution in [0, 0.1) is 28.6 Å². The summed E-state index contributed by atoms with van der Waals surface area (Å²) in [5, 5.41) is 23.1. The molecule has 0 unspecified atom stereocenters. The van der Waals surface area contributed by atoms with Crippen LogP contribution in [0.15, 0.2) is 11.6 Å². The largest absolute Gasteiger partial charge is 0.458 e. The Morgan fingerprint density at radius 1 is 1.15 bits per heavy atom. The third-order valence-corrected chi connectivity index (χ3v) is 9.86. The van der Waals surface area contributed by atoms with Crippen LogP contribution in [-0.4, -0.2) is 46.1 Å². The normalized spacial score (nSPS) is 42.1. The summed E-state index contributed by atoms with van der Waals surface area (Å²) in [6.45, 7) is 5.80. The zero-order valence-electron chi connectivity index (χ0n) is 20.4. The summed E-state index contributed by atoms with van der Waals surface area (Å²) in [6.07, 6.45) is 8.54. The van der Waals surface area contributed by atoms with Gasteiger partial charge in [0.15, 0.2) is 12.4 Å². The quantitative estimate of drug-likeness (QED) is 0.441. The number of aliphatic hydroxyl groups is 2. The second-order valence-corrected chi connectivity index (χ2v) is 11.5. The van der Waals surface area contributed by atoms with Gasteiger partial charge in [0.1, 0.15) is 5.60 Å². The van der Waals surface area contributed by atoms with E-state index in [1.165, 1.54) is 5.57 Å². The van der Waals surface area contributed by atoms with Crippen LogP contribution in [0.5, 0.6) is 0 Å². The predicted octanol–water partition coefficient (Wildman–Crippen LogP) is 3.91. The van der Waals surface area contributed by atoms with Gasteiger partial charge in [0, 0.05) is 18.3 Å². The number of Topliss-reactive ketones (excluding diaryl/α,β-unsaturated/α-hetero) is 1. The van der Waals surface area contributed by atoms with Crippen LogP contribution in [0.4, 0.5) is 0 Å². The van der Waals surface area contributed by atoms with Crippen LogP contribution in [-0.2, 0) is 19.1 Å². The van der Waals surface area contributed by atoms with Gasteiger partial charge in [-0.15, -0.1) is 0 Å². The number of ether oxygens (including phenoxy) is 1. The van der Waals surface area contributed by atoms with Gasteiger partial charge in [-0.3, -0.25) is 14.4 Å². The van der Waals surface area contributed by atoms with Crippen molar-refractivity contribution in [1.82, 2.24) is 0 Å². The van der Waals surface area contributed by atoms with Crippen molar-refractivity contribution in [3.8, 4) is 0 Å². The van der Waals surface area contributed by atoms with E-state index in [0.29, 0.717) is 25.7 Å². The van der Waals surface area contributed by atoms with E-state index in [0.717, 1.165) is 44.9 Å². The number of hydrogen-bond acceptors (Lipinski definition) is 6. The summed E-state index contributed by atoms with van der Waals surface area (Å²) in [4.78, 5) is 37.2. The Kier molecular flexibility index (Phi) is 6.65. The first-order valence-electron chi connectivity index (χ1n) is 12.9. The molecule has 3 saturated carbocycles. The monoisotopic (exact) mass is 460 g/mol. The maximum Gasteiger partial charge on any atom is 0.306 e. The Labute approximate surface area is 197 Å². The van der Waals surface area contributed by atoms with Crippen molar-refractivity contribution in [2.75, 3.05) is 6.61 Å². The van der Waals surface area contributed by atoms with Gasteiger partial charge >= 0.3 is 5.97 Å². The lowest BCUT2D eigenvalue weighted by atomic mass is 9.45. The van der Waals surface area contributed by atoms with Gasteiger partial charge in [0.05, 0.1) is 6.10 Å². The molecule has 0 aromatic rings. The highest BCUT2D eigenvalue weighted by Gasteiger charge is 2.68. The molecule has 4 aliphatic carbocycles. The van der Waals surface area contributed by atoms with Crippen molar-refractivity contribution in [2.45, 2.75) is 103 Å². The molecule has 2 N–H and O–H groups in total. The number of esters is 1. The Bertz CT molecular complexity index is 848. The van der Waals surface area contributed by atoms with Crippen molar-refractivity contribution in [3.63, 3.8) is 0 Å². The minimum atomic E-state index is -1.59. The number of fused-ring (bicyclic) bond motifs is 5. The smallest absolute Gasteiger partial charge is 0.306 e. The van der Waals surface area contributed by atoms with E-state index in [-0.39, 0.29) is 29.0 Å². The highest BCUT2D eigenvalue weighted by Crippen LogP contribution is 2.67. The molecule has 184 valence electrons. The number of ketones is 2. The standard InChI is InChI=1S/C27H40O6/c1-4-5-6-7-23(31)33-16-22(30)27(32)13-11-20-19-9-8-17-14-18(28)10-12-25(17,2)24(19)21(29)15-26(20,27)3/h14,19-21,24,29,32H,4-13,15-16H2,1-3H3/t19-,20-,21-,24+,25-,26-,27-/m0/s1. The van der Waals surface area contributed by atoms with Gasteiger partial charge in [0.25, 0.3) is 0 Å². The molecular weight excluding hydrogens is 420 g/mol. The molecule has 6 heteroatoms. The molecule has 4 rings (SSSR count). The Morgan fingerprint density at radius 3 is 2.64 bits per heavy atom. The van der Waals surface area contributed by atoms with E-state index in [1.54, 1.807) is 0 Å². The molecule has 0 aromatic heterocycles. The van der Waals surface area contributed by atoms with Crippen LogP contribution >= 0.6 is 0 Å². The van der Waals surface area contributed by atoms with Gasteiger partial charge in [-0.2, -0.15) is 0 Å². The topological polar surface area (TPSA) is 101 Å². The second kappa shape index (κ2) is 8.92. The highest BCUT2D eigenvalue weighted by molar-refractivity contribution is 5.92. The van der Waals surface area contributed by atoms with E-state index in [2.05, 4.69) is 13.8 Å². The Hall–Kier alpha value is -1.53. The average molecular weight is 461 g/mol. The molecule has 0 aromatic carbocycles. The summed E-state index contributed by atoms with van der Waals surface area (Å²) in [6, 6.07) is 0. The first-order chi connectivity index (χ1) is 15.6. The molecule has 0 bridgehead atoms. The zero-order valence-corrected chi connectivity index (χ0v) is 20.4. The fourth-order valence-electron chi connectivity index (χ4n) is 8.01. The van der Waals surface area contributed by atoms with Gasteiger partial charge < -0.3 is 14.9 Å². The van der Waals surface area contributed by atoms with E-state index in [9.17, 15) is 24.6 Å². The number of aliphatic hydroxyl groups excluding tert-OH is 1. The lowest BCUT2D eigenvalue weighted by Crippen LogP contribution is -2.62. The molecule has 4 aliphatic rings. The molecule has 6 nitrogen and oxygen atoms in total. The number of rotatable bonds is 7. The summed E-state index contributed by atoms with van der Waals surface area (Å²) >= 11 is 0. The van der Waals surface area contributed by atoms with Crippen molar-refractivity contribution < 1.29 is 29.3 Å². The number of unbranched alkanes of at least 4 members (excludes halogenated alkanes) is 2. The third kappa shape index (κ3) is 3.91. The van der Waals surface area contributed by atoms with Crippen LogP contribution in [0.3, 0.4) is 0 Å². The SMILES string of the molecule is CCCCCC(=O)OCC(=O)[C@@]1(O)CC[C@H]2[C@@H]3CCC4=CC(=O)CC[C@]4(C)[C@H]3[C@@H](O)C[C@@]21C. The summed E-state index contributed by atoms with van der Waals surface area (Å²) < 4.78 is 5.23. The Morgan fingerprint density at radius 2 is 1.91 bits per heavy atom. The zero-order chi connectivity index (χ0) is 24.0. The first-order valence-corrected chi connectivity index (χ1v) is 12.9. The molecule has 0 saturated heterocycles. The number of carbonyl (C=O) groups is 3. The molecule has 0 aliphatic heterocycles.